The maximum Gasteiger partial charge on any atom is 0.118 e. The smallest absolute Gasteiger partial charge is 0.118 e. The van der Waals surface area contributed by atoms with Crippen molar-refractivity contribution >= 4 is 11.5 Å². The van der Waals surface area contributed by atoms with Crippen LogP contribution in [0.15, 0.2) is 53.5 Å². The van der Waals surface area contributed by atoms with Crippen molar-refractivity contribution in [1.29, 1.82) is 0 Å². The molecule has 4 heteroatoms. The van der Waals surface area contributed by atoms with Gasteiger partial charge in [-0.15, -0.1) is 0 Å². The first-order valence-corrected chi connectivity index (χ1v) is 7.96. The minimum Gasteiger partial charge on any atom is -0.497 e. The average Bonchev–Trinajstić information content (AvgIpc) is 3.09. The number of ether oxygens (including phenoxy) is 1. The Morgan fingerprint density at radius 2 is 1.78 bits per heavy atom. The summed E-state index contributed by atoms with van der Waals surface area (Å²) in [6, 6.07) is 16.9. The fraction of sp³-hybridized carbons (Fsp3) is 0.316. The standard InChI is InChI=1S/C19H23N3O/c1-15-3-7-17(8-4-15)22(14-19-20-11-12-21-19)13-16-5-9-18(23-2)10-6-16/h3-10H,11-14H2,1-2H3,(H,20,21). The fourth-order valence-electron chi connectivity index (χ4n) is 2.68. The minimum absolute atomic E-state index is 0.801. The van der Waals surface area contributed by atoms with Gasteiger partial charge in [-0.05, 0) is 36.8 Å². The molecule has 0 amide bonds. The van der Waals surface area contributed by atoms with Crippen LogP contribution >= 0.6 is 0 Å². The van der Waals surface area contributed by atoms with Crippen LogP contribution in [0.5, 0.6) is 5.75 Å². The molecular formula is C19H23N3O. The van der Waals surface area contributed by atoms with Crippen LogP contribution in [-0.4, -0.2) is 32.6 Å². The molecule has 1 aliphatic heterocycles. The van der Waals surface area contributed by atoms with E-state index in [0.717, 1.165) is 37.8 Å². The van der Waals surface area contributed by atoms with Crippen LogP contribution in [0.3, 0.4) is 0 Å². The monoisotopic (exact) mass is 309 g/mol. The van der Waals surface area contributed by atoms with E-state index in [1.54, 1.807) is 7.11 Å². The summed E-state index contributed by atoms with van der Waals surface area (Å²) in [4.78, 5) is 6.88. The molecule has 0 saturated carbocycles. The second-order valence-electron chi connectivity index (χ2n) is 5.79. The van der Waals surface area contributed by atoms with Crippen LogP contribution in [0, 0.1) is 6.92 Å². The van der Waals surface area contributed by atoms with Crippen LogP contribution in [0.4, 0.5) is 5.69 Å². The minimum atomic E-state index is 0.801. The van der Waals surface area contributed by atoms with Gasteiger partial charge in [-0.2, -0.15) is 0 Å². The number of anilines is 1. The summed E-state index contributed by atoms with van der Waals surface area (Å²) in [7, 11) is 1.69. The molecule has 0 aliphatic carbocycles. The molecular weight excluding hydrogens is 286 g/mol. The third kappa shape index (κ3) is 4.03. The highest BCUT2D eigenvalue weighted by molar-refractivity contribution is 5.88. The lowest BCUT2D eigenvalue weighted by Crippen LogP contribution is -2.34. The lowest BCUT2D eigenvalue weighted by molar-refractivity contribution is 0.414. The zero-order valence-electron chi connectivity index (χ0n) is 13.7. The van der Waals surface area contributed by atoms with Gasteiger partial charge in [0.15, 0.2) is 0 Å². The molecule has 3 rings (SSSR count). The third-order valence-electron chi connectivity index (χ3n) is 4.02. The Hall–Kier alpha value is -2.49. The van der Waals surface area contributed by atoms with Gasteiger partial charge in [-0.1, -0.05) is 29.8 Å². The van der Waals surface area contributed by atoms with Crippen LogP contribution in [-0.2, 0) is 6.54 Å². The van der Waals surface area contributed by atoms with Gasteiger partial charge < -0.3 is 15.0 Å². The predicted molar refractivity (Wildman–Crippen MR) is 95.5 cm³/mol. The number of benzene rings is 2. The Kier molecular flexibility index (Phi) is 4.81. The van der Waals surface area contributed by atoms with E-state index in [-0.39, 0.29) is 0 Å². The number of hydrogen-bond acceptors (Lipinski definition) is 4. The van der Waals surface area contributed by atoms with E-state index in [1.165, 1.54) is 16.8 Å². The molecule has 23 heavy (non-hydrogen) atoms. The molecule has 0 unspecified atom stereocenters. The number of nitrogens with one attached hydrogen (secondary N) is 1. The Morgan fingerprint density at radius 3 is 2.39 bits per heavy atom. The number of hydrogen-bond donors (Lipinski definition) is 1. The quantitative estimate of drug-likeness (QED) is 0.891. The number of aliphatic imine (C=N–C) groups is 1. The van der Waals surface area contributed by atoms with Gasteiger partial charge in [-0.25, -0.2) is 0 Å². The maximum absolute atomic E-state index is 5.24. The van der Waals surface area contributed by atoms with E-state index >= 15 is 0 Å². The SMILES string of the molecule is COc1ccc(CN(CC2=NCCN2)c2ccc(C)cc2)cc1. The molecule has 120 valence electrons. The van der Waals surface area contributed by atoms with Crippen molar-refractivity contribution in [3.05, 3.63) is 59.7 Å². The maximum atomic E-state index is 5.24. The van der Waals surface area contributed by atoms with E-state index in [9.17, 15) is 0 Å². The number of methoxy groups -OCH3 is 1. The first kappa shape index (κ1) is 15.4. The second-order valence-corrected chi connectivity index (χ2v) is 5.79. The summed E-state index contributed by atoms with van der Waals surface area (Å²) >= 11 is 0. The molecule has 4 nitrogen and oxygen atoms in total. The molecule has 0 bridgehead atoms. The molecule has 2 aromatic carbocycles. The molecule has 0 fully saturated rings. The van der Waals surface area contributed by atoms with E-state index in [0.29, 0.717) is 0 Å². The highest BCUT2D eigenvalue weighted by Crippen LogP contribution is 2.20. The van der Waals surface area contributed by atoms with Gasteiger partial charge in [-0.3, -0.25) is 4.99 Å². The Morgan fingerprint density at radius 1 is 1.04 bits per heavy atom. The van der Waals surface area contributed by atoms with Crippen LogP contribution in [0.2, 0.25) is 0 Å². The van der Waals surface area contributed by atoms with Gasteiger partial charge >= 0.3 is 0 Å². The summed E-state index contributed by atoms with van der Waals surface area (Å²) in [5.74, 6) is 1.96. The van der Waals surface area contributed by atoms with Gasteiger partial charge in [0.05, 0.1) is 20.2 Å². The highest BCUT2D eigenvalue weighted by atomic mass is 16.5. The average molecular weight is 309 g/mol. The van der Waals surface area contributed by atoms with E-state index in [2.05, 4.69) is 58.5 Å². The topological polar surface area (TPSA) is 36.9 Å². The highest BCUT2D eigenvalue weighted by Gasteiger charge is 2.13. The first-order chi connectivity index (χ1) is 11.2. The van der Waals surface area contributed by atoms with Crippen molar-refractivity contribution in [2.45, 2.75) is 13.5 Å². The normalized spacial score (nSPS) is 13.4. The predicted octanol–water partition coefficient (Wildman–Crippen LogP) is 3.01. The van der Waals surface area contributed by atoms with Crippen molar-refractivity contribution in [3.63, 3.8) is 0 Å². The van der Waals surface area contributed by atoms with Crippen LogP contribution in [0.1, 0.15) is 11.1 Å². The first-order valence-electron chi connectivity index (χ1n) is 7.96. The molecule has 1 heterocycles. The molecule has 0 radical (unpaired) electrons. The lowest BCUT2D eigenvalue weighted by Gasteiger charge is -2.25. The summed E-state index contributed by atoms with van der Waals surface area (Å²) in [5.41, 5.74) is 3.74. The number of nitrogens with zero attached hydrogens (tertiary/aromatic N) is 2. The Balaban J connectivity index is 1.79. The van der Waals surface area contributed by atoms with Crippen molar-refractivity contribution < 1.29 is 4.74 Å². The zero-order valence-corrected chi connectivity index (χ0v) is 13.7. The van der Waals surface area contributed by atoms with Crippen molar-refractivity contribution in [1.82, 2.24) is 5.32 Å². The largest absolute Gasteiger partial charge is 0.497 e. The summed E-state index contributed by atoms with van der Waals surface area (Å²) in [6.07, 6.45) is 0. The summed E-state index contributed by atoms with van der Waals surface area (Å²) in [5, 5.41) is 3.36. The second kappa shape index (κ2) is 7.18. The zero-order chi connectivity index (χ0) is 16.1. The van der Waals surface area contributed by atoms with Crippen LogP contribution in [0.25, 0.3) is 0 Å². The molecule has 1 aliphatic rings. The number of rotatable bonds is 6. The van der Waals surface area contributed by atoms with E-state index in [1.807, 2.05) is 12.1 Å². The fourth-order valence-corrected chi connectivity index (χ4v) is 2.68. The Labute approximate surface area is 137 Å². The molecule has 0 aromatic heterocycles. The van der Waals surface area contributed by atoms with Crippen LogP contribution < -0.4 is 15.0 Å². The molecule has 1 N–H and O–H groups in total. The lowest BCUT2D eigenvalue weighted by atomic mass is 10.1. The Bertz CT molecular complexity index is 662. The molecule has 0 spiro atoms. The van der Waals surface area contributed by atoms with Gasteiger partial charge in [0.25, 0.3) is 0 Å². The van der Waals surface area contributed by atoms with Crippen molar-refractivity contribution in [2.75, 3.05) is 31.6 Å². The molecule has 2 aromatic rings. The van der Waals surface area contributed by atoms with Gasteiger partial charge in [0.1, 0.15) is 11.6 Å². The van der Waals surface area contributed by atoms with Gasteiger partial charge in [0.2, 0.25) is 0 Å². The summed E-state index contributed by atoms with van der Waals surface area (Å²) < 4.78 is 5.24. The van der Waals surface area contributed by atoms with Gasteiger partial charge in [0, 0.05) is 18.8 Å². The van der Waals surface area contributed by atoms with E-state index < -0.39 is 0 Å². The van der Waals surface area contributed by atoms with Crippen molar-refractivity contribution in [2.24, 2.45) is 4.99 Å². The number of amidine groups is 1. The number of aryl methyl sites for hydroxylation is 1. The van der Waals surface area contributed by atoms with E-state index in [4.69, 9.17) is 4.74 Å². The summed E-state index contributed by atoms with van der Waals surface area (Å²) in [6.45, 7) is 5.57. The third-order valence-corrected chi connectivity index (χ3v) is 4.02. The van der Waals surface area contributed by atoms with Crippen molar-refractivity contribution in [3.8, 4) is 5.75 Å². The molecule has 0 saturated heterocycles. The molecule has 0 atom stereocenters.